The number of aliphatic carboxylic acids is 1. The second-order valence-corrected chi connectivity index (χ2v) is 4.17. The number of nitrogens with zero attached hydrogens (tertiary/aromatic N) is 3. The quantitative estimate of drug-likeness (QED) is 0.876. The van der Waals surface area contributed by atoms with Crippen molar-refractivity contribution in [3.8, 4) is 0 Å². The summed E-state index contributed by atoms with van der Waals surface area (Å²) in [6.07, 6.45) is 1.34. The molecule has 0 saturated carbocycles. The molecule has 0 aliphatic carbocycles. The van der Waals surface area contributed by atoms with Crippen LogP contribution in [0, 0.1) is 0 Å². The Bertz CT molecular complexity index is 568. The van der Waals surface area contributed by atoms with Crippen LogP contribution in [0.3, 0.4) is 0 Å². The molecule has 1 aromatic heterocycles. The van der Waals surface area contributed by atoms with Crippen LogP contribution in [-0.2, 0) is 11.3 Å². The zero-order chi connectivity index (χ0) is 12.5. The molecule has 1 aromatic carbocycles. The highest BCUT2D eigenvalue weighted by Crippen LogP contribution is 2.36. The Balaban J connectivity index is 1.92. The summed E-state index contributed by atoms with van der Waals surface area (Å²) in [5, 5.41) is 12.8. The Morgan fingerprint density at radius 3 is 3.06 bits per heavy atom. The number of rotatable bonds is 3. The molecule has 6 nitrogen and oxygen atoms in total. The summed E-state index contributed by atoms with van der Waals surface area (Å²) in [5.74, 6) is -0.824. The molecule has 1 aliphatic rings. The largest absolute Gasteiger partial charge is 0.481 e. The van der Waals surface area contributed by atoms with Gasteiger partial charge in [-0.25, -0.2) is 0 Å². The lowest BCUT2D eigenvalue weighted by molar-refractivity contribution is -0.138. The number of aromatic nitrogens is 2. The fraction of sp³-hybridized carbons (Fsp3) is 0.250. The second kappa shape index (κ2) is 4.14. The van der Waals surface area contributed by atoms with Gasteiger partial charge in [-0.1, -0.05) is 23.4 Å². The van der Waals surface area contributed by atoms with Gasteiger partial charge in [-0.2, -0.15) is 4.98 Å². The van der Waals surface area contributed by atoms with Crippen molar-refractivity contribution in [2.24, 2.45) is 0 Å². The molecule has 2 heterocycles. The third-order valence-corrected chi connectivity index (χ3v) is 3.09. The van der Waals surface area contributed by atoms with Gasteiger partial charge in [0.25, 0.3) is 0 Å². The Hall–Kier alpha value is -2.37. The molecule has 18 heavy (non-hydrogen) atoms. The maximum absolute atomic E-state index is 11.2. The molecular weight excluding hydrogens is 234 g/mol. The number of benzene rings is 1. The molecule has 0 bridgehead atoms. The molecule has 1 aliphatic heterocycles. The second-order valence-electron chi connectivity index (χ2n) is 4.17. The molecule has 0 saturated heterocycles. The van der Waals surface area contributed by atoms with Gasteiger partial charge in [0, 0.05) is 12.2 Å². The maximum atomic E-state index is 11.2. The van der Waals surface area contributed by atoms with Gasteiger partial charge in [-0.3, -0.25) is 4.79 Å². The van der Waals surface area contributed by atoms with E-state index in [1.54, 1.807) is 0 Å². The summed E-state index contributed by atoms with van der Waals surface area (Å²) in [6, 6.07) is 7.51. The van der Waals surface area contributed by atoms with Crippen molar-refractivity contribution in [2.75, 3.05) is 11.4 Å². The van der Waals surface area contributed by atoms with Crippen molar-refractivity contribution < 1.29 is 14.4 Å². The fourth-order valence-corrected chi connectivity index (χ4v) is 2.28. The average molecular weight is 245 g/mol. The minimum absolute atomic E-state index is 0.428. The Kier molecular flexibility index (Phi) is 2.47. The van der Waals surface area contributed by atoms with E-state index in [9.17, 15) is 9.90 Å². The number of hydrogen-bond donors (Lipinski definition) is 1. The lowest BCUT2D eigenvalue weighted by atomic mass is 10.0. The van der Waals surface area contributed by atoms with Crippen LogP contribution in [0.1, 0.15) is 17.4 Å². The number of carbonyl (C=O) groups is 1. The third-order valence-electron chi connectivity index (χ3n) is 3.09. The summed E-state index contributed by atoms with van der Waals surface area (Å²) < 4.78 is 4.96. The van der Waals surface area contributed by atoms with Crippen molar-refractivity contribution in [2.45, 2.75) is 12.5 Å². The van der Waals surface area contributed by atoms with Gasteiger partial charge >= 0.3 is 5.97 Å². The molecule has 0 spiro atoms. The maximum Gasteiger partial charge on any atom is 0.312 e. The molecule has 0 amide bonds. The van der Waals surface area contributed by atoms with Crippen molar-refractivity contribution in [3.05, 3.63) is 42.0 Å². The predicted molar refractivity (Wildman–Crippen MR) is 62.2 cm³/mol. The van der Waals surface area contributed by atoms with Crippen molar-refractivity contribution >= 4 is 11.7 Å². The first kappa shape index (κ1) is 10.8. The van der Waals surface area contributed by atoms with E-state index in [1.807, 2.05) is 29.2 Å². The minimum Gasteiger partial charge on any atom is -0.481 e. The topological polar surface area (TPSA) is 79.5 Å². The zero-order valence-electron chi connectivity index (χ0n) is 9.48. The molecule has 92 valence electrons. The smallest absolute Gasteiger partial charge is 0.312 e. The van der Waals surface area contributed by atoms with Gasteiger partial charge in [0.15, 0.2) is 6.33 Å². The van der Waals surface area contributed by atoms with Crippen LogP contribution >= 0.6 is 0 Å². The molecule has 1 atom stereocenters. The van der Waals surface area contributed by atoms with Crippen molar-refractivity contribution in [1.29, 1.82) is 0 Å². The monoisotopic (exact) mass is 245 g/mol. The summed E-state index contributed by atoms with van der Waals surface area (Å²) >= 11 is 0. The predicted octanol–water partition coefficient (Wildman–Crippen LogP) is 1.26. The lowest BCUT2D eigenvalue weighted by Gasteiger charge is -2.16. The highest BCUT2D eigenvalue weighted by Gasteiger charge is 2.33. The van der Waals surface area contributed by atoms with Crippen LogP contribution in [0.4, 0.5) is 5.69 Å². The van der Waals surface area contributed by atoms with Gasteiger partial charge in [0.1, 0.15) is 5.92 Å². The molecule has 3 rings (SSSR count). The molecule has 0 fully saturated rings. The summed E-state index contributed by atoms with van der Waals surface area (Å²) in [6.45, 7) is 0.859. The Labute approximate surface area is 103 Å². The Morgan fingerprint density at radius 2 is 2.33 bits per heavy atom. The van der Waals surface area contributed by atoms with E-state index in [-0.39, 0.29) is 0 Å². The van der Waals surface area contributed by atoms with Crippen LogP contribution in [0.15, 0.2) is 35.1 Å². The van der Waals surface area contributed by atoms with E-state index in [1.165, 1.54) is 6.33 Å². The van der Waals surface area contributed by atoms with E-state index in [0.717, 1.165) is 11.3 Å². The third kappa shape index (κ3) is 1.71. The van der Waals surface area contributed by atoms with E-state index < -0.39 is 11.9 Å². The fourth-order valence-electron chi connectivity index (χ4n) is 2.28. The van der Waals surface area contributed by atoms with Crippen LogP contribution in [0.5, 0.6) is 0 Å². The first-order valence-electron chi connectivity index (χ1n) is 5.58. The number of carboxylic acid groups (broad SMARTS) is 1. The van der Waals surface area contributed by atoms with E-state index in [4.69, 9.17) is 4.52 Å². The van der Waals surface area contributed by atoms with Gasteiger partial charge in [-0.05, 0) is 11.6 Å². The number of carboxylic acids is 1. The summed E-state index contributed by atoms with van der Waals surface area (Å²) in [7, 11) is 0. The first-order chi connectivity index (χ1) is 8.75. The minimum atomic E-state index is -0.810. The number of fused-ring (bicyclic) bond motifs is 1. The number of anilines is 1. The van der Waals surface area contributed by atoms with Gasteiger partial charge in [0.2, 0.25) is 5.89 Å². The standard InChI is InChI=1S/C12H11N3O3/c16-12(17)9-5-15(6-11-13-7-14-18-11)10-4-2-1-3-8(9)10/h1-4,7,9H,5-6H2,(H,16,17). The SMILES string of the molecule is O=C(O)C1CN(Cc2ncno2)c2ccccc21. The first-order valence-corrected chi connectivity index (χ1v) is 5.58. The van der Waals surface area contributed by atoms with Crippen LogP contribution in [-0.4, -0.2) is 27.8 Å². The van der Waals surface area contributed by atoms with E-state index in [2.05, 4.69) is 10.1 Å². The molecule has 1 N–H and O–H groups in total. The van der Waals surface area contributed by atoms with Crippen LogP contribution in [0.2, 0.25) is 0 Å². The van der Waals surface area contributed by atoms with Crippen molar-refractivity contribution in [3.63, 3.8) is 0 Å². The molecule has 6 heteroatoms. The van der Waals surface area contributed by atoms with E-state index in [0.29, 0.717) is 19.0 Å². The van der Waals surface area contributed by atoms with Gasteiger partial charge in [-0.15, -0.1) is 0 Å². The highest BCUT2D eigenvalue weighted by atomic mass is 16.5. The molecule has 1 unspecified atom stereocenters. The summed E-state index contributed by atoms with van der Waals surface area (Å²) in [5.41, 5.74) is 1.76. The average Bonchev–Trinajstić information content (AvgIpc) is 2.98. The lowest BCUT2D eigenvalue weighted by Crippen LogP contribution is -2.24. The highest BCUT2D eigenvalue weighted by molar-refractivity contribution is 5.82. The molecule has 2 aromatic rings. The number of para-hydroxylation sites is 1. The van der Waals surface area contributed by atoms with Crippen LogP contribution < -0.4 is 4.90 Å². The Morgan fingerprint density at radius 1 is 1.50 bits per heavy atom. The number of hydrogen-bond acceptors (Lipinski definition) is 5. The van der Waals surface area contributed by atoms with Gasteiger partial charge in [0.05, 0.1) is 6.54 Å². The van der Waals surface area contributed by atoms with E-state index >= 15 is 0 Å². The summed E-state index contributed by atoms with van der Waals surface area (Å²) in [4.78, 5) is 17.1. The van der Waals surface area contributed by atoms with Crippen LogP contribution in [0.25, 0.3) is 0 Å². The van der Waals surface area contributed by atoms with Crippen molar-refractivity contribution in [1.82, 2.24) is 10.1 Å². The normalized spacial score (nSPS) is 17.8. The molecule has 0 radical (unpaired) electrons. The zero-order valence-corrected chi connectivity index (χ0v) is 9.48. The van der Waals surface area contributed by atoms with Gasteiger partial charge < -0.3 is 14.5 Å². The molecular formula is C12H11N3O3.